The van der Waals surface area contributed by atoms with E-state index in [-0.39, 0.29) is 4.90 Å². The molecule has 1 aromatic carbocycles. The van der Waals surface area contributed by atoms with Gasteiger partial charge < -0.3 is 5.73 Å². The average Bonchev–Trinajstić information content (AvgIpc) is 2.32. The summed E-state index contributed by atoms with van der Waals surface area (Å²) < 4.78 is 22.3. The first kappa shape index (κ1) is 12.8. The average molecular weight is 282 g/mol. The first-order valence-corrected chi connectivity index (χ1v) is 7.20. The molecule has 0 radical (unpaired) electrons. The molecule has 0 amide bonds. The Bertz CT molecular complexity index is 659. The minimum Gasteiger partial charge on any atom is -0.398 e. The molecule has 0 atom stereocenters. The van der Waals surface area contributed by atoms with Crippen LogP contribution >= 0.6 is 11.8 Å². The molecule has 0 spiro atoms. The molecule has 0 aliphatic rings. The number of anilines is 1. The summed E-state index contributed by atoms with van der Waals surface area (Å²) in [5.74, 6) is 0. The van der Waals surface area contributed by atoms with Gasteiger partial charge in [0.25, 0.3) is 0 Å². The molecule has 0 saturated carbocycles. The highest BCUT2D eigenvalue weighted by Crippen LogP contribution is 2.30. The first-order valence-electron chi connectivity index (χ1n) is 4.84. The van der Waals surface area contributed by atoms with Gasteiger partial charge in [-0.05, 0) is 36.0 Å². The van der Waals surface area contributed by atoms with Crippen LogP contribution in [-0.4, -0.2) is 18.4 Å². The summed E-state index contributed by atoms with van der Waals surface area (Å²) in [5, 5.41) is 5.55. The molecule has 1 aromatic heterocycles. The van der Waals surface area contributed by atoms with E-state index in [0.29, 0.717) is 15.7 Å². The fraction of sp³-hybridized carbons (Fsp3) is 0. The van der Waals surface area contributed by atoms with Crippen LogP contribution in [0.15, 0.2) is 51.6 Å². The van der Waals surface area contributed by atoms with Gasteiger partial charge in [-0.2, -0.15) is 0 Å². The first-order chi connectivity index (χ1) is 8.47. The molecular formula is C10H10N4O2S2. The fourth-order valence-electron chi connectivity index (χ4n) is 1.23. The second kappa shape index (κ2) is 4.92. The molecule has 94 valence electrons. The van der Waals surface area contributed by atoms with Crippen molar-refractivity contribution < 1.29 is 8.42 Å². The molecule has 0 fully saturated rings. The molecule has 2 aromatic rings. The highest BCUT2D eigenvalue weighted by atomic mass is 32.2. The van der Waals surface area contributed by atoms with Gasteiger partial charge in [0.15, 0.2) is 5.16 Å². The smallest absolute Gasteiger partial charge is 0.238 e. The van der Waals surface area contributed by atoms with Gasteiger partial charge in [-0.1, -0.05) is 0 Å². The van der Waals surface area contributed by atoms with Crippen molar-refractivity contribution in [3.8, 4) is 0 Å². The molecule has 0 bridgehead atoms. The molecule has 0 aliphatic carbocycles. The van der Waals surface area contributed by atoms with Crippen molar-refractivity contribution in [2.24, 2.45) is 5.14 Å². The molecule has 0 saturated heterocycles. The lowest BCUT2D eigenvalue weighted by atomic mass is 10.3. The number of primary sulfonamides is 1. The predicted octanol–water partition coefficient (Wildman–Crippen LogP) is 0.857. The van der Waals surface area contributed by atoms with E-state index in [1.807, 2.05) is 0 Å². The Morgan fingerprint density at radius 1 is 1.17 bits per heavy atom. The Morgan fingerprint density at radius 3 is 2.39 bits per heavy atom. The Labute approximate surface area is 108 Å². The highest BCUT2D eigenvalue weighted by Gasteiger charge is 2.11. The van der Waals surface area contributed by atoms with Crippen molar-refractivity contribution in [1.82, 2.24) is 9.97 Å². The standard InChI is InChI=1S/C10H10N4O2S2/c11-8-6-7(18(12,15)16)2-3-9(8)17-10-13-4-1-5-14-10/h1-6H,11H2,(H2,12,15,16). The van der Waals surface area contributed by atoms with E-state index in [0.717, 1.165) is 0 Å². The second-order valence-electron chi connectivity index (χ2n) is 3.38. The quantitative estimate of drug-likeness (QED) is 0.637. The molecular weight excluding hydrogens is 272 g/mol. The number of hydrogen-bond acceptors (Lipinski definition) is 6. The van der Waals surface area contributed by atoms with E-state index in [9.17, 15) is 8.42 Å². The second-order valence-corrected chi connectivity index (χ2v) is 5.95. The number of hydrogen-bond donors (Lipinski definition) is 2. The number of sulfonamides is 1. The van der Waals surface area contributed by atoms with Crippen LogP contribution < -0.4 is 10.9 Å². The molecule has 6 nitrogen and oxygen atoms in total. The number of benzene rings is 1. The highest BCUT2D eigenvalue weighted by molar-refractivity contribution is 7.99. The number of nitrogens with zero attached hydrogens (tertiary/aromatic N) is 2. The van der Waals surface area contributed by atoms with E-state index < -0.39 is 10.0 Å². The normalized spacial score (nSPS) is 11.4. The largest absolute Gasteiger partial charge is 0.398 e. The van der Waals surface area contributed by atoms with Crippen molar-refractivity contribution >= 4 is 27.5 Å². The summed E-state index contributed by atoms with van der Waals surface area (Å²) in [4.78, 5) is 8.74. The van der Waals surface area contributed by atoms with Crippen LogP contribution in [0.2, 0.25) is 0 Å². The van der Waals surface area contributed by atoms with Gasteiger partial charge in [-0.15, -0.1) is 0 Å². The zero-order valence-electron chi connectivity index (χ0n) is 9.15. The van der Waals surface area contributed by atoms with Crippen LogP contribution in [-0.2, 0) is 10.0 Å². The van der Waals surface area contributed by atoms with E-state index in [1.54, 1.807) is 24.5 Å². The van der Waals surface area contributed by atoms with E-state index in [1.165, 1.54) is 23.9 Å². The molecule has 1 heterocycles. The summed E-state index contributed by atoms with van der Waals surface area (Å²) >= 11 is 1.25. The zero-order valence-corrected chi connectivity index (χ0v) is 10.8. The van der Waals surface area contributed by atoms with Crippen LogP contribution in [0.3, 0.4) is 0 Å². The maximum absolute atomic E-state index is 11.1. The van der Waals surface area contributed by atoms with Crippen molar-refractivity contribution in [2.45, 2.75) is 14.9 Å². The summed E-state index contributed by atoms with van der Waals surface area (Å²) in [6.45, 7) is 0. The zero-order chi connectivity index (χ0) is 13.2. The van der Waals surface area contributed by atoms with E-state index >= 15 is 0 Å². The topological polar surface area (TPSA) is 112 Å². The van der Waals surface area contributed by atoms with Crippen LogP contribution in [0.25, 0.3) is 0 Å². The summed E-state index contributed by atoms with van der Waals surface area (Å²) in [6.07, 6.45) is 3.23. The van der Waals surface area contributed by atoms with E-state index in [2.05, 4.69) is 9.97 Å². The molecule has 0 aliphatic heterocycles. The predicted molar refractivity (Wildman–Crippen MR) is 68.4 cm³/mol. The minimum atomic E-state index is -3.74. The minimum absolute atomic E-state index is 0.0154. The Hall–Kier alpha value is -1.64. The third kappa shape index (κ3) is 2.97. The van der Waals surface area contributed by atoms with Gasteiger partial charge in [0, 0.05) is 23.0 Å². The SMILES string of the molecule is Nc1cc(S(N)(=O)=O)ccc1Sc1ncccn1. The van der Waals surface area contributed by atoms with Gasteiger partial charge in [-0.3, -0.25) is 0 Å². The summed E-state index contributed by atoms with van der Waals surface area (Å²) in [6, 6.07) is 6.01. The molecule has 2 rings (SSSR count). The lowest BCUT2D eigenvalue weighted by Crippen LogP contribution is -2.12. The Kier molecular flexibility index (Phi) is 3.50. The Balaban J connectivity index is 2.32. The van der Waals surface area contributed by atoms with Gasteiger partial charge in [0.2, 0.25) is 10.0 Å². The monoisotopic (exact) mass is 282 g/mol. The Morgan fingerprint density at radius 2 is 1.83 bits per heavy atom. The van der Waals surface area contributed by atoms with Gasteiger partial charge in [0.1, 0.15) is 0 Å². The number of nitrogen functional groups attached to an aromatic ring is 1. The molecule has 4 N–H and O–H groups in total. The lowest BCUT2D eigenvalue weighted by Gasteiger charge is -2.05. The van der Waals surface area contributed by atoms with Crippen molar-refractivity contribution in [2.75, 3.05) is 5.73 Å². The van der Waals surface area contributed by atoms with Crippen molar-refractivity contribution in [3.05, 3.63) is 36.7 Å². The van der Waals surface area contributed by atoms with Gasteiger partial charge in [-0.25, -0.2) is 23.5 Å². The molecule has 8 heteroatoms. The third-order valence-corrected chi connectivity index (χ3v) is 3.95. The van der Waals surface area contributed by atoms with Crippen LogP contribution in [0, 0.1) is 0 Å². The van der Waals surface area contributed by atoms with Crippen molar-refractivity contribution in [3.63, 3.8) is 0 Å². The van der Waals surface area contributed by atoms with Crippen LogP contribution in [0.4, 0.5) is 5.69 Å². The van der Waals surface area contributed by atoms with Crippen LogP contribution in [0.5, 0.6) is 0 Å². The molecule has 0 unspecified atom stereocenters. The van der Waals surface area contributed by atoms with E-state index in [4.69, 9.17) is 10.9 Å². The van der Waals surface area contributed by atoms with Gasteiger partial charge in [0.05, 0.1) is 4.90 Å². The van der Waals surface area contributed by atoms with Crippen LogP contribution in [0.1, 0.15) is 0 Å². The summed E-state index contributed by atoms with van der Waals surface area (Å²) in [7, 11) is -3.74. The fourth-order valence-corrected chi connectivity index (χ4v) is 2.52. The number of nitrogens with two attached hydrogens (primary N) is 2. The maximum Gasteiger partial charge on any atom is 0.238 e. The molecule has 18 heavy (non-hydrogen) atoms. The van der Waals surface area contributed by atoms with Crippen molar-refractivity contribution in [1.29, 1.82) is 0 Å². The summed E-state index contributed by atoms with van der Waals surface area (Å²) in [5.41, 5.74) is 6.09. The van der Waals surface area contributed by atoms with Gasteiger partial charge >= 0.3 is 0 Å². The third-order valence-electron chi connectivity index (χ3n) is 2.05. The number of aromatic nitrogens is 2. The lowest BCUT2D eigenvalue weighted by molar-refractivity contribution is 0.598. The number of rotatable bonds is 3. The maximum atomic E-state index is 11.1.